The van der Waals surface area contributed by atoms with Gasteiger partial charge in [0.15, 0.2) is 5.96 Å². The van der Waals surface area contributed by atoms with Crippen LogP contribution in [0.4, 0.5) is 5.69 Å². The van der Waals surface area contributed by atoms with Crippen molar-refractivity contribution in [3.63, 3.8) is 0 Å². The van der Waals surface area contributed by atoms with Gasteiger partial charge in [0.1, 0.15) is 0 Å². The van der Waals surface area contributed by atoms with Gasteiger partial charge in [-0.25, -0.2) is 0 Å². The first-order valence-electron chi connectivity index (χ1n) is 7.73. The minimum absolute atomic E-state index is 0.0560. The van der Waals surface area contributed by atoms with Gasteiger partial charge in [-0.1, -0.05) is 48.6 Å². The maximum atomic E-state index is 8.08. The Morgan fingerprint density at radius 2 is 1.75 bits per heavy atom. The molecule has 4 rings (SSSR count). The zero-order valence-corrected chi connectivity index (χ0v) is 15.1. The molecule has 0 aliphatic heterocycles. The van der Waals surface area contributed by atoms with Crippen LogP contribution in [0.2, 0.25) is 0 Å². The molecule has 0 aromatic heterocycles. The molecule has 3 aromatic rings. The third-order valence-corrected chi connectivity index (χ3v) is 5.01. The van der Waals surface area contributed by atoms with Gasteiger partial charge in [-0.05, 0) is 62.9 Å². The molecule has 1 aliphatic rings. The molecule has 0 fully saturated rings. The molecule has 0 spiro atoms. The summed E-state index contributed by atoms with van der Waals surface area (Å²) in [7, 11) is 0. The van der Waals surface area contributed by atoms with Crippen molar-refractivity contribution in [2.75, 3.05) is 4.90 Å². The van der Waals surface area contributed by atoms with E-state index in [1.807, 2.05) is 11.0 Å². The summed E-state index contributed by atoms with van der Waals surface area (Å²) in [5.41, 5.74) is 10.5. The van der Waals surface area contributed by atoms with Crippen LogP contribution in [0.25, 0.3) is 22.9 Å². The van der Waals surface area contributed by atoms with Crippen molar-refractivity contribution in [1.29, 1.82) is 5.41 Å². The number of nitrogens with one attached hydrogen (secondary N) is 1. The maximum absolute atomic E-state index is 8.08. The second-order valence-electron chi connectivity index (χ2n) is 5.88. The number of hydrogen-bond acceptors (Lipinski definition) is 1. The lowest BCUT2D eigenvalue weighted by Gasteiger charge is -2.25. The predicted octanol–water partition coefficient (Wildman–Crippen LogP) is 4.83. The van der Waals surface area contributed by atoms with Gasteiger partial charge >= 0.3 is 0 Å². The summed E-state index contributed by atoms with van der Waals surface area (Å²) >= 11 is 2.30. The molecule has 0 atom stereocenters. The number of anilines is 1. The van der Waals surface area contributed by atoms with Crippen LogP contribution in [0.5, 0.6) is 0 Å². The van der Waals surface area contributed by atoms with E-state index in [1.165, 1.54) is 20.1 Å². The molecule has 4 heteroatoms. The van der Waals surface area contributed by atoms with Crippen LogP contribution in [0, 0.1) is 8.98 Å². The Hall–Kier alpha value is -2.34. The van der Waals surface area contributed by atoms with Crippen LogP contribution >= 0.6 is 22.6 Å². The third-order valence-electron chi connectivity index (χ3n) is 4.34. The zero-order valence-electron chi connectivity index (χ0n) is 13.0. The maximum Gasteiger partial charge on any atom is 0.193 e. The summed E-state index contributed by atoms with van der Waals surface area (Å²) in [6.45, 7) is 0.582. The highest BCUT2D eigenvalue weighted by Crippen LogP contribution is 2.37. The van der Waals surface area contributed by atoms with E-state index in [4.69, 9.17) is 11.1 Å². The van der Waals surface area contributed by atoms with E-state index >= 15 is 0 Å². The van der Waals surface area contributed by atoms with Gasteiger partial charge in [0.25, 0.3) is 0 Å². The third kappa shape index (κ3) is 2.57. The second kappa shape index (κ2) is 5.94. The van der Waals surface area contributed by atoms with Crippen molar-refractivity contribution >= 4 is 57.2 Å². The van der Waals surface area contributed by atoms with Gasteiger partial charge in [-0.3, -0.25) is 5.41 Å². The van der Waals surface area contributed by atoms with Crippen molar-refractivity contribution in [2.24, 2.45) is 5.73 Å². The number of halogens is 1. The highest BCUT2D eigenvalue weighted by atomic mass is 127. The topological polar surface area (TPSA) is 53.1 Å². The van der Waals surface area contributed by atoms with Gasteiger partial charge in [0.2, 0.25) is 0 Å². The number of benzene rings is 3. The largest absolute Gasteiger partial charge is 0.370 e. The van der Waals surface area contributed by atoms with Crippen LogP contribution < -0.4 is 10.6 Å². The molecule has 24 heavy (non-hydrogen) atoms. The van der Waals surface area contributed by atoms with Gasteiger partial charge < -0.3 is 10.6 Å². The van der Waals surface area contributed by atoms with E-state index < -0.39 is 0 Å². The zero-order chi connectivity index (χ0) is 16.7. The Bertz CT molecular complexity index is 979. The summed E-state index contributed by atoms with van der Waals surface area (Å²) in [5.74, 6) is 0.0560. The molecule has 0 saturated carbocycles. The lowest BCUT2D eigenvalue weighted by Crippen LogP contribution is -2.36. The molecule has 0 heterocycles. The van der Waals surface area contributed by atoms with Gasteiger partial charge in [0.05, 0.1) is 12.2 Å². The summed E-state index contributed by atoms with van der Waals surface area (Å²) in [5, 5.41) is 10.5. The Kier molecular flexibility index (Phi) is 3.76. The summed E-state index contributed by atoms with van der Waals surface area (Å²) < 4.78 is 1.18. The molecule has 1 aliphatic carbocycles. The Morgan fingerprint density at radius 1 is 1.00 bits per heavy atom. The first-order chi connectivity index (χ1) is 11.6. The second-order valence-corrected chi connectivity index (χ2v) is 7.12. The fourth-order valence-electron chi connectivity index (χ4n) is 3.26. The van der Waals surface area contributed by atoms with E-state index in [2.05, 4.69) is 83.3 Å². The van der Waals surface area contributed by atoms with Crippen LogP contribution in [-0.4, -0.2) is 5.96 Å². The lowest BCUT2D eigenvalue weighted by molar-refractivity contribution is 0.988. The number of hydrogen-bond donors (Lipinski definition) is 2. The number of nitrogens with zero attached hydrogens (tertiary/aromatic N) is 1. The first kappa shape index (κ1) is 15.2. The predicted molar refractivity (Wildman–Crippen MR) is 110 cm³/mol. The monoisotopic (exact) mass is 425 g/mol. The van der Waals surface area contributed by atoms with E-state index in [1.54, 1.807) is 0 Å². The number of guanidine groups is 1. The average Bonchev–Trinajstić information content (AvgIpc) is 2.99. The van der Waals surface area contributed by atoms with Crippen LogP contribution in [0.3, 0.4) is 0 Å². The molecule has 3 nitrogen and oxygen atoms in total. The Labute approximate surface area is 154 Å². The molecule has 0 amide bonds. The summed E-state index contributed by atoms with van der Waals surface area (Å²) in [6, 6.07) is 18.7. The van der Waals surface area contributed by atoms with Crippen molar-refractivity contribution in [3.8, 4) is 0 Å². The molecule has 0 radical (unpaired) electrons. The Morgan fingerprint density at radius 3 is 2.50 bits per heavy atom. The lowest BCUT2D eigenvalue weighted by atomic mass is 10.0. The highest BCUT2D eigenvalue weighted by molar-refractivity contribution is 14.1. The van der Waals surface area contributed by atoms with Crippen molar-refractivity contribution in [1.82, 2.24) is 0 Å². The van der Waals surface area contributed by atoms with Crippen LogP contribution in [0.15, 0.2) is 54.6 Å². The van der Waals surface area contributed by atoms with Crippen LogP contribution in [-0.2, 0) is 6.54 Å². The average molecular weight is 425 g/mol. The SMILES string of the molecule is N=C(N)N(Cc1cccc(I)c1)c1ccc2c3c(cccc13)C=C2. The summed E-state index contributed by atoms with van der Waals surface area (Å²) in [6.07, 6.45) is 4.28. The van der Waals surface area contributed by atoms with Crippen LogP contribution in [0.1, 0.15) is 16.7 Å². The molecule has 0 unspecified atom stereocenters. The van der Waals surface area contributed by atoms with Crippen molar-refractivity contribution in [3.05, 3.63) is 74.9 Å². The molecule has 0 bridgehead atoms. The minimum atomic E-state index is 0.0560. The smallest absolute Gasteiger partial charge is 0.193 e. The summed E-state index contributed by atoms with van der Waals surface area (Å²) in [4.78, 5) is 1.87. The molecular weight excluding hydrogens is 409 g/mol. The molecule has 3 aromatic carbocycles. The molecular formula is C20H16IN3. The van der Waals surface area contributed by atoms with Crippen molar-refractivity contribution in [2.45, 2.75) is 6.54 Å². The minimum Gasteiger partial charge on any atom is -0.370 e. The van der Waals surface area contributed by atoms with Gasteiger partial charge in [0, 0.05) is 8.96 Å². The Balaban J connectivity index is 1.83. The number of rotatable bonds is 3. The number of nitrogens with two attached hydrogens (primary N) is 1. The van der Waals surface area contributed by atoms with E-state index in [0.29, 0.717) is 6.54 Å². The molecule has 118 valence electrons. The van der Waals surface area contributed by atoms with E-state index in [0.717, 1.165) is 16.6 Å². The quantitative estimate of drug-likeness (QED) is 0.281. The normalized spacial score (nSPS) is 11.9. The highest BCUT2D eigenvalue weighted by Gasteiger charge is 2.17. The standard InChI is InChI=1S/C20H16IN3/c21-16-5-1-3-13(11-16)12-24(20(22)23)18-10-9-15-8-7-14-4-2-6-17(18)19(14)15/h1-11H,12H2,(H3,22,23). The molecule has 0 saturated heterocycles. The van der Waals surface area contributed by atoms with E-state index in [-0.39, 0.29) is 5.96 Å². The van der Waals surface area contributed by atoms with Gasteiger partial charge in [-0.2, -0.15) is 0 Å². The molecule has 3 N–H and O–H groups in total. The van der Waals surface area contributed by atoms with Crippen molar-refractivity contribution < 1.29 is 0 Å². The van der Waals surface area contributed by atoms with E-state index in [9.17, 15) is 0 Å². The van der Waals surface area contributed by atoms with Gasteiger partial charge in [-0.15, -0.1) is 0 Å². The fraction of sp³-hybridized carbons (Fsp3) is 0.0500. The first-order valence-corrected chi connectivity index (χ1v) is 8.81. The fourth-order valence-corrected chi connectivity index (χ4v) is 3.87.